The van der Waals surface area contributed by atoms with Crippen molar-refractivity contribution in [1.29, 1.82) is 5.26 Å². The Labute approximate surface area is 108 Å². The predicted octanol–water partition coefficient (Wildman–Crippen LogP) is 2.27. The summed E-state index contributed by atoms with van der Waals surface area (Å²) in [6, 6.07) is 5.87. The molecule has 96 valence electrons. The quantitative estimate of drug-likeness (QED) is 0.819. The van der Waals surface area contributed by atoms with Gasteiger partial charge in [-0.25, -0.2) is 4.98 Å². The van der Waals surface area contributed by atoms with Gasteiger partial charge in [0.25, 0.3) is 0 Å². The molecule has 1 aromatic rings. The number of hydrogen-bond donors (Lipinski definition) is 0. The highest BCUT2D eigenvalue weighted by atomic mass is 16.5. The summed E-state index contributed by atoms with van der Waals surface area (Å²) in [5.74, 6) is 0.918. The zero-order chi connectivity index (χ0) is 13.0. The van der Waals surface area contributed by atoms with Crippen molar-refractivity contribution in [3.05, 3.63) is 23.4 Å². The van der Waals surface area contributed by atoms with E-state index < -0.39 is 0 Å². The third-order valence-corrected chi connectivity index (χ3v) is 3.24. The monoisotopic (exact) mass is 245 g/mol. The molecule has 1 saturated heterocycles. The van der Waals surface area contributed by atoms with Gasteiger partial charge in [-0.2, -0.15) is 5.26 Å². The van der Waals surface area contributed by atoms with E-state index in [0.717, 1.165) is 44.0 Å². The van der Waals surface area contributed by atoms with E-state index in [2.05, 4.69) is 16.0 Å². The van der Waals surface area contributed by atoms with E-state index in [0.29, 0.717) is 11.7 Å². The lowest BCUT2D eigenvalue weighted by Crippen LogP contribution is -2.37. The Morgan fingerprint density at radius 2 is 2.17 bits per heavy atom. The van der Waals surface area contributed by atoms with Gasteiger partial charge in [-0.05, 0) is 38.8 Å². The zero-order valence-corrected chi connectivity index (χ0v) is 11.0. The fourth-order valence-corrected chi connectivity index (χ4v) is 2.36. The van der Waals surface area contributed by atoms with Crippen molar-refractivity contribution in [1.82, 2.24) is 4.98 Å². The summed E-state index contributed by atoms with van der Waals surface area (Å²) in [5.41, 5.74) is 1.58. The van der Waals surface area contributed by atoms with Gasteiger partial charge in [0.1, 0.15) is 5.82 Å². The Bertz CT molecular complexity index is 445. The number of nitriles is 1. The fraction of sp³-hybridized carbons (Fsp3) is 0.571. The third kappa shape index (κ3) is 2.99. The molecule has 0 radical (unpaired) electrons. The van der Waals surface area contributed by atoms with Gasteiger partial charge in [-0.15, -0.1) is 0 Å². The molecule has 0 saturated carbocycles. The highest BCUT2D eigenvalue weighted by molar-refractivity contribution is 5.46. The number of hydrogen-bond acceptors (Lipinski definition) is 4. The molecule has 0 unspecified atom stereocenters. The van der Waals surface area contributed by atoms with Crippen LogP contribution < -0.4 is 4.90 Å². The van der Waals surface area contributed by atoms with Crippen LogP contribution in [0.5, 0.6) is 0 Å². The van der Waals surface area contributed by atoms with Crippen LogP contribution in [0.1, 0.15) is 31.0 Å². The first kappa shape index (κ1) is 12.8. The highest BCUT2D eigenvalue weighted by Gasteiger charge is 2.20. The second kappa shape index (κ2) is 5.83. The number of nitrogens with zero attached hydrogens (tertiary/aromatic N) is 3. The van der Waals surface area contributed by atoms with E-state index in [9.17, 15) is 0 Å². The SMILES string of the molecule is CCOC1CCN(c2cc(C#N)cc(C)n2)CC1. The van der Waals surface area contributed by atoms with Crippen LogP contribution in [0.3, 0.4) is 0 Å². The summed E-state index contributed by atoms with van der Waals surface area (Å²) in [4.78, 5) is 6.75. The summed E-state index contributed by atoms with van der Waals surface area (Å²) >= 11 is 0. The third-order valence-electron chi connectivity index (χ3n) is 3.24. The Hall–Kier alpha value is -1.60. The second-order valence-electron chi connectivity index (χ2n) is 4.61. The number of rotatable bonds is 3. The lowest BCUT2D eigenvalue weighted by Gasteiger charge is -2.32. The van der Waals surface area contributed by atoms with Gasteiger partial charge >= 0.3 is 0 Å². The molecule has 0 bridgehead atoms. The standard InChI is InChI=1S/C14H19N3O/c1-3-18-13-4-6-17(7-5-13)14-9-12(10-15)8-11(2)16-14/h8-9,13H,3-7H2,1-2H3. The molecule has 18 heavy (non-hydrogen) atoms. The Kier molecular flexibility index (Phi) is 4.16. The van der Waals surface area contributed by atoms with Crippen molar-refractivity contribution in [3.63, 3.8) is 0 Å². The topological polar surface area (TPSA) is 49.1 Å². The molecule has 2 heterocycles. The van der Waals surface area contributed by atoms with Crippen LogP contribution in [0.4, 0.5) is 5.82 Å². The maximum absolute atomic E-state index is 8.98. The van der Waals surface area contributed by atoms with Crippen LogP contribution >= 0.6 is 0 Å². The molecule has 1 aromatic heterocycles. The summed E-state index contributed by atoms with van der Waals surface area (Å²) in [6.45, 7) is 6.65. The molecule has 0 atom stereocenters. The van der Waals surface area contributed by atoms with Gasteiger partial charge in [-0.3, -0.25) is 0 Å². The van der Waals surface area contributed by atoms with Crippen LogP contribution in [-0.4, -0.2) is 30.8 Å². The molecule has 0 aliphatic carbocycles. The molecule has 4 heteroatoms. The molecule has 0 aromatic carbocycles. The van der Waals surface area contributed by atoms with Gasteiger partial charge in [0.05, 0.1) is 17.7 Å². The molecule has 2 rings (SSSR count). The van der Waals surface area contributed by atoms with E-state index >= 15 is 0 Å². The molecular formula is C14H19N3O. The van der Waals surface area contributed by atoms with Crippen LogP contribution in [-0.2, 0) is 4.74 Å². The van der Waals surface area contributed by atoms with Gasteiger partial charge in [0.2, 0.25) is 0 Å². The van der Waals surface area contributed by atoms with Crippen LogP contribution in [0.2, 0.25) is 0 Å². The van der Waals surface area contributed by atoms with Crippen LogP contribution in [0.15, 0.2) is 12.1 Å². The molecule has 1 aliphatic rings. The first-order valence-corrected chi connectivity index (χ1v) is 6.48. The van der Waals surface area contributed by atoms with Crippen LogP contribution in [0.25, 0.3) is 0 Å². The lowest BCUT2D eigenvalue weighted by molar-refractivity contribution is 0.0458. The number of piperidine rings is 1. The van der Waals surface area contributed by atoms with Crippen molar-refractivity contribution in [2.45, 2.75) is 32.8 Å². The van der Waals surface area contributed by atoms with E-state index in [-0.39, 0.29) is 0 Å². The normalized spacial score (nSPS) is 16.6. The molecule has 0 spiro atoms. The smallest absolute Gasteiger partial charge is 0.130 e. The average molecular weight is 245 g/mol. The van der Waals surface area contributed by atoms with E-state index in [4.69, 9.17) is 10.00 Å². The highest BCUT2D eigenvalue weighted by Crippen LogP contribution is 2.21. The number of aromatic nitrogens is 1. The maximum Gasteiger partial charge on any atom is 0.130 e. The Morgan fingerprint density at radius 1 is 1.44 bits per heavy atom. The minimum absolute atomic E-state index is 0.381. The van der Waals surface area contributed by atoms with Gasteiger partial charge in [0, 0.05) is 25.4 Å². The van der Waals surface area contributed by atoms with E-state index in [1.165, 1.54) is 0 Å². The summed E-state index contributed by atoms with van der Waals surface area (Å²) in [5, 5.41) is 8.98. The van der Waals surface area contributed by atoms with Crippen molar-refractivity contribution in [2.75, 3.05) is 24.6 Å². The average Bonchev–Trinajstić information content (AvgIpc) is 2.39. The van der Waals surface area contributed by atoms with Gasteiger partial charge in [0.15, 0.2) is 0 Å². The first-order chi connectivity index (χ1) is 8.72. The van der Waals surface area contributed by atoms with Crippen LogP contribution in [0, 0.1) is 18.3 Å². The van der Waals surface area contributed by atoms with Crippen molar-refractivity contribution >= 4 is 5.82 Å². The molecular weight excluding hydrogens is 226 g/mol. The van der Waals surface area contributed by atoms with Gasteiger partial charge in [-0.1, -0.05) is 0 Å². The number of pyridine rings is 1. The minimum Gasteiger partial charge on any atom is -0.378 e. The second-order valence-corrected chi connectivity index (χ2v) is 4.61. The zero-order valence-electron chi connectivity index (χ0n) is 11.0. The van der Waals surface area contributed by atoms with Gasteiger partial charge < -0.3 is 9.64 Å². The number of ether oxygens (including phenoxy) is 1. The lowest BCUT2D eigenvalue weighted by atomic mass is 10.1. The minimum atomic E-state index is 0.381. The fourth-order valence-electron chi connectivity index (χ4n) is 2.36. The summed E-state index contributed by atoms with van der Waals surface area (Å²) in [7, 11) is 0. The van der Waals surface area contributed by atoms with Crippen molar-refractivity contribution in [3.8, 4) is 6.07 Å². The molecule has 0 N–H and O–H groups in total. The molecule has 1 fully saturated rings. The van der Waals surface area contributed by atoms with Crippen molar-refractivity contribution < 1.29 is 4.74 Å². The predicted molar refractivity (Wildman–Crippen MR) is 70.6 cm³/mol. The molecule has 0 amide bonds. The van der Waals surface area contributed by atoms with E-state index in [1.54, 1.807) is 0 Å². The number of anilines is 1. The largest absolute Gasteiger partial charge is 0.378 e. The van der Waals surface area contributed by atoms with Crippen molar-refractivity contribution in [2.24, 2.45) is 0 Å². The summed E-state index contributed by atoms with van der Waals surface area (Å²) < 4.78 is 5.64. The maximum atomic E-state index is 8.98. The summed E-state index contributed by atoms with van der Waals surface area (Å²) in [6.07, 6.45) is 2.45. The van der Waals surface area contributed by atoms with E-state index in [1.807, 2.05) is 26.0 Å². The Balaban J connectivity index is 2.05. The number of aryl methyl sites for hydroxylation is 1. The molecule has 4 nitrogen and oxygen atoms in total. The first-order valence-electron chi connectivity index (χ1n) is 6.48. The Morgan fingerprint density at radius 3 is 2.78 bits per heavy atom. The molecule has 1 aliphatic heterocycles.